The molecule has 4 N–H and O–H groups in total. The van der Waals surface area contributed by atoms with Crippen molar-refractivity contribution in [3.63, 3.8) is 0 Å². The summed E-state index contributed by atoms with van der Waals surface area (Å²) in [6.45, 7) is 1.10. The number of hydrogen-bond donors (Lipinski definition) is 4. The van der Waals surface area contributed by atoms with Gasteiger partial charge in [-0.2, -0.15) is 0 Å². The van der Waals surface area contributed by atoms with E-state index in [2.05, 4.69) is 16.0 Å². The maximum absolute atomic E-state index is 11.8. The number of amides is 3. The SMILES string of the molecule is O=C(NCCCNC(=O)C1CCC1)NC1CCC(C(=O)O)CC1. The standard InChI is InChI=1S/C16H27N3O4/c20-14(11-3-1-4-11)17-9-2-10-18-16(23)19-13-7-5-12(6-8-13)15(21)22/h11-13H,1-10H2,(H,17,20)(H,21,22)(H2,18,19,23). The van der Waals surface area contributed by atoms with Crippen LogP contribution in [0.1, 0.15) is 51.4 Å². The first kappa shape index (κ1) is 17.6. The highest BCUT2D eigenvalue weighted by Crippen LogP contribution is 2.26. The minimum absolute atomic E-state index is 0.0592. The summed E-state index contributed by atoms with van der Waals surface area (Å²) in [6.07, 6.45) is 6.50. The van der Waals surface area contributed by atoms with Crippen molar-refractivity contribution in [3.8, 4) is 0 Å². The topological polar surface area (TPSA) is 108 Å². The summed E-state index contributed by atoms with van der Waals surface area (Å²) in [5.74, 6) is -0.671. The third-order valence-corrected chi connectivity index (χ3v) is 4.83. The molecule has 0 atom stereocenters. The van der Waals surface area contributed by atoms with Crippen LogP contribution < -0.4 is 16.0 Å². The summed E-state index contributed by atoms with van der Waals surface area (Å²) in [5.41, 5.74) is 0. The third kappa shape index (κ3) is 5.73. The monoisotopic (exact) mass is 325 g/mol. The maximum Gasteiger partial charge on any atom is 0.315 e. The molecule has 0 aromatic rings. The predicted octanol–water partition coefficient (Wildman–Crippen LogP) is 1.24. The molecule has 130 valence electrons. The van der Waals surface area contributed by atoms with Crippen LogP contribution in [0.3, 0.4) is 0 Å². The Bertz CT molecular complexity index is 429. The molecule has 0 aromatic carbocycles. The number of carbonyl (C=O) groups excluding carboxylic acids is 2. The van der Waals surface area contributed by atoms with Crippen LogP contribution in [0.15, 0.2) is 0 Å². The van der Waals surface area contributed by atoms with Crippen LogP contribution in [0.2, 0.25) is 0 Å². The number of aliphatic carboxylic acids is 1. The molecule has 3 amide bonds. The van der Waals surface area contributed by atoms with E-state index in [1.165, 1.54) is 0 Å². The Kier molecular flexibility index (Phi) is 6.67. The molecule has 2 saturated carbocycles. The van der Waals surface area contributed by atoms with E-state index in [4.69, 9.17) is 5.11 Å². The van der Waals surface area contributed by atoms with Gasteiger partial charge in [0.15, 0.2) is 0 Å². The molecular formula is C16H27N3O4. The maximum atomic E-state index is 11.8. The highest BCUT2D eigenvalue weighted by molar-refractivity contribution is 5.79. The summed E-state index contributed by atoms with van der Waals surface area (Å²) >= 11 is 0. The lowest BCUT2D eigenvalue weighted by molar-refractivity contribution is -0.142. The zero-order chi connectivity index (χ0) is 16.7. The summed E-state index contributed by atoms with van der Waals surface area (Å²) in [5, 5.41) is 17.5. The van der Waals surface area contributed by atoms with Gasteiger partial charge in [-0.3, -0.25) is 9.59 Å². The number of carboxylic acid groups (broad SMARTS) is 1. The summed E-state index contributed by atoms with van der Waals surface area (Å²) in [7, 11) is 0. The lowest BCUT2D eigenvalue weighted by atomic mass is 9.85. The van der Waals surface area contributed by atoms with Crippen LogP contribution in [-0.2, 0) is 9.59 Å². The molecule has 0 heterocycles. The Hall–Kier alpha value is -1.79. The molecular weight excluding hydrogens is 298 g/mol. The Labute approximate surface area is 136 Å². The second-order valence-electron chi connectivity index (χ2n) is 6.56. The molecule has 0 bridgehead atoms. The smallest absolute Gasteiger partial charge is 0.315 e. The molecule has 0 saturated heterocycles. The largest absolute Gasteiger partial charge is 0.481 e. The third-order valence-electron chi connectivity index (χ3n) is 4.83. The number of rotatable bonds is 7. The molecule has 0 unspecified atom stereocenters. The van der Waals surface area contributed by atoms with Gasteiger partial charge in [-0.05, 0) is 44.9 Å². The zero-order valence-electron chi connectivity index (χ0n) is 13.5. The van der Waals surface area contributed by atoms with Gasteiger partial charge in [-0.15, -0.1) is 0 Å². The molecule has 0 spiro atoms. The van der Waals surface area contributed by atoms with Gasteiger partial charge in [0.2, 0.25) is 5.91 Å². The average Bonchev–Trinajstić information content (AvgIpc) is 2.45. The summed E-state index contributed by atoms with van der Waals surface area (Å²) in [4.78, 5) is 34.2. The molecule has 0 radical (unpaired) electrons. The van der Waals surface area contributed by atoms with Crippen molar-refractivity contribution in [2.24, 2.45) is 11.8 Å². The van der Waals surface area contributed by atoms with Gasteiger partial charge in [-0.1, -0.05) is 6.42 Å². The van der Waals surface area contributed by atoms with Crippen molar-refractivity contribution in [2.75, 3.05) is 13.1 Å². The van der Waals surface area contributed by atoms with E-state index in [0.717, 1.165) is 19.3 Å². The Morgan fingerprint density at radius 3 is 2.09 bits per heavy atom. The van der Waals surface area contributed by atoms with Gasteiger partial charge in [0.05, 0.1) is 5.92 Å². The molecule has 0 aliphatic heterocycles. The fourth-order valence-corrected chi connectivity index (χ4v) is 3.04. The second-order valence-corrected chi connectivity index (χ2v) is 6.56. The van der Waals surface area contributed by atoms with Crippen molar-refractivity contribution in [2.45, 2.75) is 57.4 Å². The van der Waals surface area contributed by atoms with Crippen LogP contribution >= 0.6 is 0 Å². The number of nitrogens with one attached hydrogen (secondary N) is 3. The van der Waals surface area contributed by atoms with Gasteiger partial charge >= 0.3 is 12.0 Å². The van der Waals surface area contributed by atoms with Crippen LogP contribution in [0, 0.1) is 11.8 Å². The van der Waals surface area contributed by atoms with Gasteiger partial charge in [-0.25, -0.2) is 4.79 Å². The zero-order valence-corrected chi connectivity index (χ0v) is 13.5. The van der Waals surface area contributed by atoms with Crippen molar-refractivity contribution in [3.05, 3.63) is 0 Å². The van der Waals surface area contributed by atoms with Crippen molar-refractivity contribution < 1.29 is 19.5 Å². The Morgan fingerprint density at radius 1 is 0.870 bits per heavy atom. The Morgan fingerprint density at radius 2 is 1.52 bits per heavy atom. The van der Waals surface area contributed by atoms with Crippen molar-refractivity contribution >= 4 is 17.9 Å². The first-order valence-electron chi connectivity index (χ1n) is 8.61. The van der Waals surface area contributed by atoms with E-state index < -0.39 is 5.97 Å². The summed E-state index contributed by atoms with van der Waals surface area (Å²) < 4.78 is 0. The van der Waals surface area contributed by atoms with Crippen molar-refractivity contribution in [1.29, 1.82) is 0 Å². The van der Waals surface area contributed by atoms with Gasteiger partial charge in [0.25, 0.3) is 0 Å². The van der Waals surface area contributed by atoms with E-state index in [9.17, 15) is 14.4 Å². The number of urea groups is 1. The quantitative estimate of drug-likeness (QED) is 0.528. The van der Waals surface area contributed by atoms with Gasteiger partial charge in [0.1, 0.15) is 0 Å². The molecule has 2 aliphatic carbocycles. The molecule has 2 aliphatic rings. The second kappa shape index (κ2) is 8.74. The minimum Gasteiger partial charge on any atom is -0.481 e. The molecule has 7 heteroatoms. The van der Waals surface area contributed by atoms with E-state index >= 15 is 0 Å². The highest BCUT2D eigenvalue weighted by atomic mass is 16.4. The number of carbonyl (C=O) groups is 3. The highest BCUT2D eigenvalue weighted by Gasteiger charge is 2.26. The minimum atomic E-state index is -0.739. The van der Waals surface area contributed by atoms with E-state index in [0.29, 0.717) is 45.2 Å². The lowest BCUT2D eigenvalue weighted by Crippen LogP contribution is -2.44. The molecule has 0 aromatic heterocycles. The Balaban J connectivity index is 1.48. The van der Waals surface area contributed by atoms with Crippen LogP contribution in [-0.4, -0.2) is 42.1 Å². The average molecular weight is 325 g/mol. The molecule has 7 nitrogen and oxygen atoms in total. The van der Waals surface area contributed by atoms with E-state index in [1.807, 2.05) is 0 Å². The summed E-state index contributed by atoms with van der Waals surface area (Å²) in [6, 6.07) is -0.155. The number of hydrogen-bond acceptors (Lipinski definition) is 3. The predicted molar refractivity (Wildman–Crippen MR) is 84.9 cm³/mol. The van der Waals surface area contributed by atoms with E-state index in [1.54, 1.807) is 0 Å². The first-order valence-corrected chi connectivity index (χ1v) is 8.61. The normalized spacial score (nSPS) is 24.3. The van der Waals surface area contributed by atoms with Crippen LogP contribution in [0.4, 0.5) is 4.79 Å². The first-order chi connectivity index (χ1) is 11.1. The number of carboxylic acids is 1. The van der Waals surface area contributed by atoms with Gasteiger partial charge in [0, 0.05) is 25.0 Å². The fourth-order valence-electron chi connectivity index (χ4n) is 3.04. The van der Waals surface area contributed by atoms with Crippen LogP contribution in [0.5, 0.6) is 0 Å². The van der Waals surface area contributed by atoms with Gasteiger partial charge < -0.3 is 21.1 Å². The van der Waals surface area contributed by atoms with Crippen molar-refractivity contribution in [1.82, 2.24) is 16.0 Å². The molecule has 2 fully saturated rings. The molecule has 23 heavy (non-hydrogen) atoms. The van der Waals surface area contributed by atoms with Crippen LogP contribution in [0.25, 0.3) is 0 Å². The molecule has 2 rings (SSSR count). The fraction of sp³-hybridized carbons (Fsp3) is 0.812. The lowest BCUT2D eigenvalue weighted by Gasteiger charge is -2.26. The van der Waals surface area contributed by atoms with E-state index in [-0.39, 0.29) is 29.8 Å².